The number of ketones is 1. The van der Waals surface area contributed by atoms with Gasteiger partial charge in [-0.2, -0.15) is 22.0 Å². The third-order valence-corrected chi connectivity index (χ3v) is 4.61. The van der Waals surface area contributed by atoms with Gasteiger partial charge in [0.15, 0.2) is 5.78 Å². The van der Waals surface area contributed by atoms with Crippen LogP contribution in [0.4, 0.5) is 26.7 Å². The van der Waals surface area contributed by atoms with Gasteiger partial charge in [-0.15, -0.1) is 0 Å². The van der Waals surface area contributed by atoms with Crippen molar-refractivity contribution in [3.05, 3.63) is 65.7 Å². The third-order valence-electron chi connectivity index (χ3n) is 4.61. The largest absolute Gasteiger partial charge is 0.437 e. The van der Waals surface area contributed by atoms with E-state index in [2.05, 4.69) is 10.1 Å². The first kappa shape index (κ1) is 21.5. The Morgan fingerprint density at radius 2 is 1.67 bits per heavy atom. The Morgan fingerprint density at radius 3 is 2.20 bits per heavy atom. The average Bonchev–Trinajstić information content (AvgIpc) is 2.67. The fraction of sp³-hybridized carbons (Fsp3) is 0.263. The number of halogens is 5. The summed E-state index contributed by atoms with van der Waals surface area (Å²) in [5, 5.41) is 14.0. The fourth-order valence-electron chi connectivity index (χ4n) is 3.26. The molecule has 3 rings (SSSR count). The number of urea groups is 1. The molecule has 2 aromatic rings. The highest BCUT2D eigenvalue weighted by Gasteiger charge is 2.66. The van der Waals surface area contributed by atoms with Gasteiger partial charge < -0.3 is 20.5 Å². The number of benzene rings is 2. The molecule has 0 radical (unpaired) electrons. The predicted octanol–water partition coefficient (Wildman–Crippen LogP) is 3.39. The van der Waals surface area contributed by atoms with Crippen LogP contribution < -0.4 is 15.4 Å². The van der Waals surface area contributed by atoms with Crippen molar-refractivity contribution in [3.63, 3.8) is 0 Å². The third kappa shape index (κ3) is 4.06. The number of nitrogens with one attached hydrogen (secondary N) is 2. The SMILES string of the molecule is O=C1N[C@@H](c2ccc(OC(F)F)cc2)[C@@H](C(=O)c2ccccc2)[C@@](O)(C(F)(F)F)N1. The van der Waals surface area contributed by atoms with Gasteiger partial charge in [0.05, 0.1) is 6.04 Å². The molecule has 0 aromatic heterocycles. The zero-order valence-corrected chi connectivity index (χ0v) is 15.0. The molecule has 0 unspecified atom stereocenters. The Hall–Kier alpha value is -3.21. The van der Waals surface area contributed by atoms with Gasteiger partial charge in [0.1, 0.15) is 11.7 Å². The molecule has 3 atom stereocenters. The van der Waals surface area contributed by atoms with Crippen LogP contribution >= 0.6 is 0 Å². The molecule has 1 fully saturated rings. The Bertz CT molecular complexity index is 921. The van der Waals surface area contributed by atoms with Crippen molar-refractivity contribution in [2.45, 2.75) is 24.6 Å². The van der Waals surface area contributed by atoms with E-state index in [4.69, 9.17) is 0 Å². The van der Waals surface area contributed by atoms with Crippen molar-refractivity contribution in [3.8, 4) is 5.75 Å². The van der Waals surface area contributed by atoms with Crippen molar-refractivity contribution in [2.24, 2.45) is 5.92 Å². The quantitative estimate of drug-likeness (QED) is 0.501. The highest BCUT2D eigenvalue weighted by molar-refractivity contribution is 6.00. The fourth-order valence-corrected chi connectivity index (χ4v) is 3.26. The normalized spacial score (nSPS) is 24.2. The molecule has 30 heavy (non-hydrogen) atoms. The van der Waals surface area contributed by atoms with E-state index < -0.39 is 42.3 Å². The lowest BCUT2D eigenvalue weighted by Crippen LogP contribution is -2.72. The first-order valence-electron chi connectivity index (χ1n) is 8.55. The van der Waals surface area contributed by atoms with Crippen molar-refractivity contribution < 1.29 is 41.4 Å². The predicted molar refractivity (Wildman–Crippen MR) is 92.7 cm³/mol. The molecule has 0 bridgehead atoms. The molecule has 2 aromatic carbocycles. The van der Waals surface area contributed by atoms with Crippen LogP contribution in [0, 0.1) is 5.92 Å². The summed E-state index contributed by atoms with van der Waals surface area (Å²) in [5.74, 6) is -3.56. The van der Waals surface area contributed by atoms with Gasteiger partial charge in [0.2, 0.25) is 5.72 Å². The van der Waals surface area contributed by atoms with E-state index in [1.807, 2.05) is 0 Å². The Balaban J connectivity index is 2.08. The van der Waals surface area contributed by atoms with Crippen LogP contribution in [0.15, 0.2) is 54.6 Å². The maximum atomic E-state index is 13.8. The number of hydrogen-bond donors (Lipinski definition) is 3. The number of hydrogen-bond acceptors (Lipinski definition) is 4. The molecule has 6 nitrogen and oxygen atoms in total. The number of rotatable bonds is 5. The highest BCUT2D eigenvalue weighted by atomic mass is 19.4. The lowest BCUT2D eigenvalue weighted by Gasteiger charge is -2.45. The van der Waals surface area contributed by atoms with Gasteiger partial charge in [0.25, 0.3) is 0 Å². The van der Waals surface area contributed by atoms with Gasteiger partial charge in [-0.3, -0.25) is 4.79 Å². The van der Waals surface area contributed by atoms with E-state index in [0.717, 1.165) is 24.3 Å². The summed E-state index contributed by atoms with van der Waals surface area (Å²) in [6, 6.07) is 8.32. The summed E-state index contributed by atoms with van der Waals surface area (Å²) in [4.78, 5) is 24.9. The molecule has 1 aliphatic heterocycles. The number of carbonyl (C=O) groups is 2. The minimum Gasteiger partial charge on any atom is -0.435 e. The van der Waals surface area contributed by atoms with E-state index in [1.165, 1.54) is 29.6 Å². The lowest BCUT2D eigenvalue weighted by molar-refractivity contribution is -0.287. The number of Topliss-reactive ketones (excluding diaryl/α,β-unsaturated/α-hetero) is 1. The molecule has 2 amide bonds. The topological polar surface area (TPSA) is 87.7 Å². The molecule has 160 valence electrons. The maximum absolute atomic E-state index is 13.8. The van der Waals surface area contributed by atoms with Crippen LogP contribution in [0.25, 0.3) is 0 Å². The zero-order valence-electron chi connectivity index (χ0n) is 15.0. The van der Waals surface area contributed by atoms with Gasteiger partial charge in [-0.05, 0) is 17.7 Å². The van der Waals surface area contributed by atoms with Crippen LogP contribution in [0.1, 0.15) is 22.0 Å². The second-order valence-corrected chi connectivity index (χ2v) is 6.50. The van der Waals surface area contributed by atoms with Gasteiger partial charge >= 0.3 is 18.8 Å². The Morgan fingerprint density at radius 1 is 1.07 bits per heavy atom. The van der Waals surface area contributed by atoms with E-state index >= 15 is 0 Å². The van der Waals surface area contributed by atoms with Crippen LogP contribution in [0.3, 0.4) is 0 Å². The molecule has 1 heterocycles. The van der Waals surface area contributed by atoms with E-state index in [0.29, 0.717) is 0 Å². The zero-order chi connectivity index (χ0) is 22.1. The van der Waals surface area contributed by atoms with Crippen LogP contribution in [0.5, 0.6) is 5.75 Å². The van der Waals surface area contributed by atoms with Crippen molar-refractivity contribution in [2.75, 3.05) is 0 Å². The minimum absolute atomic E-state index is 0.0246. The van der Waals surface area contributed by atoms with Crippen molar-refractivity contribution in [1.82, 2.24) is 10.6 Å². The van der Waals surface area contributed by atoms with E-state index in [-0.39, 0.29) is 16.9 Å². The number of ether oxygens (including phenoxy) is 1. The Kier molecular flexibility index (Phi) is 5.66. The van der Waals surface area contributed by atoms with Crippen LogP contribution in [0.2, 0.25) is 0 Å². The molecular formula is C19H15F5N2O4. The summed E-state index contributed by atoms with van der Waals surface area (Å²) in [7, 11) is 0. The molecule has 1 aliphatic rings. The van der Waals surface area contributed by atoms with Crippen LogP contribution in [-0.4, -0.2) is 35.4 Å². The van der Waals surface area contributed by atoms with Gasteiger partial charge in [-0.25, -0.2) is 4.79 Å². The first-order chi connectivity index (χ1) is 14.0. The second-order valence-electron chi connectivity index (χ2n) is 6.50. The van der Waals surface area contributed by atoms with Gasteiger partial charge in [0, 0.05) is 5.56 Å². The summed E-state index contributed by atoms with van der Waals surface area (Å²) in [6.07, 6.45) is -5.39. The van der Waals surface area contributed by atoms with Crippen LogP contribution in [-0.2, 0) is 0 Å². The number of amides is 2. The molecule has 0 aliphatic carbocycles. The molecule has 3 N–H and O–H groups in total. The average molecular weight is 430 g/mol. The van der Waals surface area contributed by atoms with Crippen molar-refractivity contribution >= 4 is 11.8 Å². The monoisotopic (exact) mass is 430 g/mol. The van der Waals surface area contributed by atoms with Crippen molar-refractivity contribution in [1.29, 1.82) is 0 Å². The molecule has 11 heteroatoms. The Labute approximate surface area is 166 Å². The highest BCUT2D eigenvalue weighted by Crippen LogP contribution is 2.44. The van der Waals surface area contributed by atoms with Gasteiger partial charge in [-0.1, -0.05) is 42.5 Å². The lowest BCUT2D eigenvalue weighted by atomic mass is 9.77. The number of alkyl halides is 5. The number of carbonyl (C=O) groups excluding carboxylic acids is 2. The summed E-state index contributed by atoms with van der Waals surface area (Å²) in [6.45, 7) is -3.11. The minimum atomic E-state index is -5.39. The first-order valence-corrected chi connectivity index (χ1v) is 8.55. The summed E-state index contributed by atoms with van der Waals surface area (Å²) in [5.41, 5.74) is -4.01. The molecular weight excluding hydrogens is 415 g/mol. The standard InChI is InChI=1S/C19H15F5N2O4/c20-16(21)30-12-8-6-10(7-9-12)14-13(15(27)11-4-2-1-3-5-11)18(29,19(22,23)24)26-17(28)25-14/h1-9,13-14,16,29H,(H2,25,26,28)/t13-,14-,18+/m0/s1. The maximum Gasteiger partial charge on any atom is 0.437 e. The number of aliphatic hydroxyl groups is 1. The molecule has 0 saturated carbocycles. The summed E-state index contributed by atoms with van der Waals surface area (Å²) >= 11 is 0. The smallest absolute Gasteiger partial charge is 0.435 e. The molecule has 0 spiro atoms. The molecule has 1 saturated heterocycles. The van der Waals surface area contributed by atoms with E-state index in [9.17, 15) is 36.6 Å². The van der Waals surface area contributed by atoms with E-state index in [1.54, 1.807) is 6.07 Å². The summed E-state index contributed by atoms with van der Waals surface area (Å²) < 4.78 is 70.2. The second kappa shape index (κ2) is 7.90.